The molecule has 2 aliphatic rings. The van der Waals surface area contributed by atoms with Crippen LogP contribution in [0.4, 0.5) is 0 Å². The van der Waals surface area contributed by atoms with Crippen molar-refractivity contribution < 1.29 is 38.9 Å². The summed E-state index contributed by atoms with van der Waals surface area (Å²) < 4.78 is 10.5. The molecule has 1 aromatic rings. The molecule has 0 aromatic heterocycles. The van der Waals surface area contributed by atoms with Crippen LogP contribution in [0.25, 0.3) is 0 Å². The minimum Gasteiger partial charge on any atom is -0.504 e. The molecule has 3 N–H and O–H groups in total. The number of rotatable bonds is 16. The van der Waals surface area contributed by atoms with Crippen LogP contribution in [0.1, 0.15) is 84.6 Å². The van der Waals surface area contributed by atoms with E-state index in [1.165, 1.54) is 27.0 Å². The first-order valence-corrected chi connectivity index (χ1v) is 14.3. The van der Waals surface area contributed by atoms with Crippen molar-refractivity contribution in [3.05, 3.63) is 23.8 Å². The quantitative estimate of drug-likeness (QED) is 0.260. The molecule has 1 saturated heterocycles. The Morgan fingerprint density at radius 1 is 1.18 bits per heavy atom. The van der Waals surface area contributed by atoms with Gasteiger partial charge in [-0.2, -0.15) is 0 Å². The standard InChI is InChI=1S/C31H45NO8/c1-19(12-23(33)17-30(2,3)38)29(37)32-24(14-21-10-11-27(39-5)26(35)15-21)25(34)16-22(13-20-8-6-7-9-20)28(36)31(4)18-40-31/h10-11,15,19-20,22,24,35,38H,6-9,12-14,16-18H2,1-5H3,(H,32,37)/t19-,22+,24-,31+/m0/s1. The Bertz CT molecular complexity index is 1080. The average Bonchev–Trinajstić information content (AvgIpc) is 3.40. The van der Waals surface area contributed by atoms with Crippen LogP contribution in [0.5, 0.6) is 11.5 Å². The first-order chi connectivity index (χ1) is 18.7. The number of ketones is 3. The molecule has 0 spiro atoms. The maximum Gasteiger partial charge on any atom is 0.223 e. The molecule has 9 nitrogen and oxygen atoms in total. The van der Waals surface area contributed by atoms with E-state index < -0.39 is 35.0 Å². The summed E-state index contributed by atoms with van der Waals surface area (Å²) in [5.41, 5.74) is -1.41. The van der Waals surface area contributed by atoms with E-state index in [0.717, 1.165) is 25.7 Å². The van der Waals surface area contributed by atoms with Gasteiger partial charge in [-0.15, -0.1) is 0 Å². The van der Waals surface area contributed by atoms with Crippen molar-refractivity contribution in [2.45, 2.75) is 103 Å². The smallest absolute Gasteiger partial charge is 0.223 e. The van der Waals surface area contributed by atoms with Crippen molar-refractivity contribution in [2.24, 2.45) is 17.8 Å². The lowest BCUT2D eigenvalue weighted by atomic mass is 9.81. The summed E-state index contributed by atoms with van der Waals surface area (Å²) in [5, 5.41) is 23.0. The van der Waals surface area contributed by atoms with Gasteiger partial charge in [0, 0.05) is 31.1 Å². The van der Waals surface area contributed by atoms with E-state index >= 15 is 0 Å². The van der Waals surface area contributed by atoms with Gasteiger partial charge in [0.2, 0.25) is 5.91 Å². The predicted octanol–water partition coefficient (Wildman–Crippen LogP) is 3.70. The molecule has 40 heavy (non-hydrogen) atoms. The fourth-order valence-corrected chi connectivity index (χ4v) is 5.65. The van der Waals surface area contributed by atoms with E-state index in [2.05, 4.69) is 5.32 Å². The summed E-state index contributed by atoms with van der Waals surface area (Å²) >= 11 is 0. The molecule has 1 aliphatic heterocycles. The third kappa shape index (κ3) is 9.13. The van der Waals surface area contributed by atoms with Gasteiger partial charge < -0.3 is 25.0 Å². The van der Waals surface area contributed by atoms with Gasteiger partial charge in [0.15, 0.2) is 23.1 Å². The Kier molecular flexibility index (Phi) is 10.5. The van der Waals surface area contributed by atoms with Gasteiger partial charge in [0.05, 0.1) is 25.4 Å². The maximum absolute atomic E-state index is 13.8. The third-order valence-corrected chi connectivity index (χ3v) is 8.01. The lowest BCUT2D eigenvalue weighted by molar-refractivity contribution is -0.135. The lowest BCUT2D eigenvalue weighted by Gasteiger charge is -2.25. The highest BCUT2D eigenvalue weighted by molar-refractivity contribution is 5.97. The number of amides is 1. The Hall–Kier alpha value is -2.78. The van der Waals surface area contributed by atoms with Gasteiger partial charge in [-0.05, 0) is 57.2 Å². The van der Waals surface area contributed by atoms with Crippen LogP contribution in [0.15, 0.2) is 18.2 Å². The van der Waals surface area contributed by atoms with Crippen LogP contribution in [-0.2, 0) is 30.3 Å². The number of nitrogens with one attached hydrogen (secondary N) is 1. The molecule has 0 unspecified atom stereocenters. The fourth-order valence-electron chi connectivity index (χ4n) is 5.65. The maximum atomic E-state index is 13.8. The number of Topliss-reactive ketones (excluding diaryl/α,β-unsaturated/α-hetero) is 3. The van der Waals surface area contributed by atoms with Gasteiger partial charge in [0.1, 0.15) is 11.4 Å². The van der Waals surface area contributed by atoms with E-state index in [0.29, 0.717) is 24.5 Å². The Morgan fingerprint density at radius 3 is 2.38 bits per heavy atom. The third-order valence-electron chi connectivity index (χ3n) is 8.01. The Morgan fingerprint density at radius 2 is 1.82 bits per heavy atom. The number of phenolic OH excluding ortho intramolecular Hbond substituents is 1. The Labute approximate surface area is 237 Å². The van der Waals surface area contributed by atoms with E-state index in [-0.39, 0.29) is 54.5 Å². The number of carbonyl (C=O) groups excluding carboxylic acids is 4. The summed E-state index contributed by atoms with van der Waals surface area (Å²) in [7, 11) is 1.44. The number of hydrogen-bond donors (Lipinski definition) is 3. The monoisotopic (exact) mass is 559 g/mol. The second-order valence-corrected chi connectivity index (χ2v) is 12.5. The van der Waals surface area contributed by atoms with Crippen molar-refractivity contribution in [3.63, 3.8) is 0 Å². The number of hydrogen-bond acceptors (Lipinski definition) is 8. The summed E-state index contributed by atoms with van der Waals surface area (Å²) in [4.78, 5) is 52.6. The number of ether oxygens (including phenoxy) is 2. The van der Waals surface area contributed by atoms with Crippen LogP contribution in [0, 0.1) is 17.8 Å². The van der Waals surface area contributed by atoms with Crippen LogP contribution >= 0.6 is 0 Å². The molecule has 0 bridgehead atoms. The van der Waals surface area contributed by atoms with Gasteiger partial charge in [-0.25, -0.2) is 0 Å². The van der Waals surface area contributed by atoms with Crippen LogP contribution < -0.4 is 10.1 Å². The number of carbonyl (C=O) groups is 4. The topological polar surface area (TPSA) is 143 Å². The number of aromatic hydroxyl groups is 1. The molecule has 9 heteroatoms. The highest BCUT2D eigenvalue weighted by Crippen LogP contribution is 2.37. The predicted molar refractivity (Wildman–Crippen MR) is 149 cm³/mol. The van der Waals surface area contributed by atoms with Crippen LogP contribution in [0.3, 0.4) is 0 Å². The molecule has 1 aromatic carbocycles. The van der Waals surface area contributed by atoms with Crippen LogP contribution in [-0.4, -0.2) is 64.4 Å². The zero-order valence-corrected chi connectivity index (χ0v) is 24.5. The zero-order valence-electron chi connectivity index (χ0n) is 24.5. The minimum absolute atomic E-state index is 0.0205. The summed E-state index contributed by atoms with van der Waals surface area (Å²) in [6.07, 6.45) is 4.87. The normalized spacial score (nSPS) is 21.4. The first kappa shape index (κ1) is 31.7. The molecular formula is C31H45NO8. The number of epoxide rings is 1. The number of benzene rings is 1. The van der Waals surface area contributed by atoms with Gasteiger partial charge >= 0.3 is 0 Å². The molecule has 1 saturated carbocycles. The second-order valence-electron chi connectivity index (χ2n) is 12.5. The van der Waals surface area contributed by atoms with Crippen molar-refractivity contribution in [1.29, 1.82) is 0 Å². The van der Waals surface area contributed by atoms with Crippen molar-refractivity contribution in [1.82, 2.24) is 5.32 Å². The van der Waals surface area contributed by atoms with Crippen molar-refractivity contribution in [3.8, 4) is 11.5 Å². The number of phenols is 1. The summed E-state index contributed by atoms with van der Waals surface area (Å²) in [6.45, 7) is 6.78. The van der Waals surface area contributed by atoms with Crippen LogP contribution in [0.2, 0.25) is 0 Å². The Balaban J connectivity index is 1.78. The zero-order chi connectivity index (χ0) is 29.7. The first-order valence-electron chi connectivity index (χ1n) is 14.3. The average molecular weight is 560 g/mol. The van der Waals surface area contributed by atoms with Crippen molar-refractivity contribution in [2.75, 3.05) is 13.7 Å². The summed E-state index contributed by atoms with van der Waals surface area (Å²) in [6, 6.07) is 3.83. The highest BCUT2D eigenvalue weighted by atomic mass is 16.6. The number of methoxy groups -OCH3 is 1. The molecule has 0 radical (unpaired) electrons. The SMILES string of the molecule is COc1ccc(C[C@H](NC(=O)[C@@H](C)CC(=O)CC(C)(C)O)C(=O)C[C@@H](CC2CCCC2)C(=O)[C@@]2(C)CO2)cc1O. The summed E-state index contributed by atoms with van der Waals surface area (Å²) in [5.74, 6) is -1.69. The van der Waals surface area contributed by atoms with E-state index in [1.54, 1.807) is 26.0 Å². The van der Waals surface area contributed by atoms with E-state index in [9.17, 15) is 29.4 Å². The van der Waals surface area contributed by atoms with Gasteiger partial charge in [-0.3, -0.25) is 19.2 Å². The largest absolute Gasteiger partial charge is 0.504 e. The molecule has 3 rings (SSSR count). The second kappa shape index (κ2) is 13.3. The lowest BCUT2D eigenvalue weighted by Crippen LogP contribution is -2.46. The molecule has 222 valence electrons. The molecule has 2 fully saturated rings. The fraction of sp³-hybridized carbons (Fsp3) is 0.677. The molecule has 1 amide bonds. The number of aliphatic hydroxyl groups is 1. The molecule has 4 atom stereocenters. The molecule has 1 heterocycles. The highest BCUT2D eigenvalue weighted by Gasteiger charge is 2.50. The molecular weight excluding hydrogens is 514 g/mol. The van der Waals surface area contributed by atoms with Gasteiger partial charge in [-0.1, -0.05) is 38.7 Å². The van der Waals surface area contributed by atoms with Gasteiger partial charge in [0.25, 0.3) is 0 Å². The molecule has 1 aliphatic carbocycles. The van der Waals surface area contributed by atoms with E-state index in [4.69, 9.17) is 9.47 Å². The minimum atomic E-state index is -1.18. The van der Waals surface area contributed by atoms with E-state index in [1.807, 2.05) is 0 Å². The van der Waals surface area contributed by atoms with Crippen molar-refractivity contribution >= 4 is 23.3 Å².